The number of hydrogen-bond acceptors (Lipinski definition) is 7. The summed E-state index contributed by atoms with van der Waals surface area (Å²) in [5.74, 6) is 0.627. The van der Waals surface area contributed by atoms with Gasteiger partial charge in [-0.15, -0.1) is 11.3 Å². The Hall–Kier alpha value is -2.30. The first kappa shape index (κ1) is 37.5. The average Bonchev–Trinajstić information content (AvgIpc) is 3.47. The molecule has 4 atom stereocenters. The monoisotopic (exact) mass is 676 g/mol. The van der Waals surface area contributed by atoms with Crippen LogP contribution in [-0.4, -0.2) is 58.0 Å². The van der Waals surface area contributed by atoms with Gasteiger partial charge in [0.25, 0.3) is 0 Å². The van der Waals surface area contributed by atoms with E-state index in [4.69, 9.17) is 28.4 Å². The van der Waals surface area contributed by atoms with E-state index in [1.165, 1.54) is 0 Å². The van der Waals surface area contributed by atoms with Crippen molar-refractivity contribution >= 4 is 21.4 Å². The van der Waals surface area contributed by atoms with Crippen LogP contribution in [0.1, 0.15) is 108 Å². The zero-order chi connectivity index (χ0) is 33.4. The summed E-state index contributed by atoms with van der Waals surface area (Å²) in [6, 6.07) is 13.9. The van der Waals surface area contributed by atoms with Crippen LogP contribution in [0, 0.1) is 0 Å². The fourth-order valence-electron chi connectivity index (χ4n) is 5.81. The van der Waals surface area contributed by atoms with E-state index in [0.29, 0.717) is 57.2 Å². The second-order valence-corrected chi connectivity index (χ2v) is 13.5. The maximum absolute atomic E-state index is 13.8. The van der Waals surface area contributed by atoms with E-state index >= 15 is 0 Å². The molecule has 3 aromatic rings. The molecule has 0 aliphatic carbocycles. The summed E-state index contributed by atoms with van der Waals surface area (Å²) in [7, 11) is 0. The third-order valence-electron chi connectivity index (χ3n) is 8.43. The van der Waals surface area contributed by atoms with E-state index < -0.39 is 12.7 Å². The Labute approximate surface area is 284 Å². The molecule has 2 heterocycles. The van der Waals surface area contributed by atoms with Gasteiger partial charge < -0.3 is 28.4 Å². The van der Waals surface area contributed by atoms with Crippen molar-refractivity contribution < 1.29 is 37.2 Å². The Kier molecular flexibility index (Phi) is 16.2. The zero-order valence-electron chi connectivity index (χ0n) is 28.6. The molecule has 0 amide bonds. The van der Waals surface area contributed by atoms with Crippen molar-refractivity contribution in [2.24, 2.45) is 0 Å². The number of rotatable bonds is 22. The highest BCUT2D eigenvalue weighted by Gasteiger charge is 2.42. The highest BCUT2D eigenvalue weighted by Crippen LogP contribution is 2.43. The first-order valence-electron chi connectivity index (χ1n) is 17.6. The average molecular weight is 677 g/mol. The molecule has 47 heavy (non-hydrogen) atoms. The van der Waals surface area contributed by atoms with Crippen LogP contribution >= 0.6 is 11.3 Å². The number of benzene rings is 2. The third-order valence-corrected chi connectivity index (χ3v) is 9.55. The summed E-state index contributed by atoms with van der Waals surface area (Å²) in [6.45, 7) is 8.31. The minimum Gasteiger partial charge on any atom is -0.493 e. The van der Waals surface area contributed by atoms with Gasteiger partial charge in [-0.05, 0) is 49.3 Å². The third kappa shape index (κ3) is 11.4. The van der Waals surface area contributed by atoms with Crippen LogP contribution in [0.15, 0.2) is 42.5 Å². The zero-order valence-corrected chi connectivity index (χ0v) is 29.5. The van der Waals surface area contributed by atoms with Crippen LogP contribution in [0.5, 0.6) is 11.5 Å². The van der Waals surface area contributed by atoms with Crippen LogP contribution in [0.3, 0.4) is 0 Å². The molecule has 1 aliphatic heterocycles. The van der Waals surface area contributed by atoms with E-state index in [-0.39, 0.29) is 24.1 Å². The largest absolute Gasteiger partial charge is 0.493 e. The molecule has 0 unspecified atom stereocenters. The predicted molar refractivity (Wildman–Crippen MR) is 185 cm³/mol. The Morgan fingerprint density at radius 1 is 0.830 bits per heavy atom. The number of hydrogen-bond donors (Lipinski definition) is 0. The van der Waals surface area contributed by atoms with Crippen molar-refractivity contribution in [1.29, 1.82) is 0 Å². The molecule has 0 bridgehead atoms. The highest BCUT2D eigenvalue weighted by atomic mass is 32.1. The van der Waals surface area contributed by atoms with Gasteiger partial charge in [-0.1, -0.05) is 71.6 Å². The number of thiophene rings is 1. The number of unbranched alkanes of at least 4 members (excludes halogenated alkanes) is 4. The van der Waals surface area contributed by atoms with E-state index in [1.54, 1.807) is 17.4 Å². The van der Waals surface area contributed by atoms with Crippen LogP contribution in [0.4, 0.5) is 8.78 Å². The van der Waals surface area contributed by atoms with Crippen molar-refractivity contribution in [2.45, 2.75) is 123 Å². The fraction of sp³-hybridized carbons (Fsp3) is 0.632. The summed E-state index contributed by atoms with van der Waals surface area (Å²) in [5.41, 5.74) is 1.48. The first-order valence-corrected chi connectivity index (χ1v) is 18.5. The molecule has 262 valence electrons. The Morgan fingerprint density at radius 2 is 1.53 bits per heavy atom. The molecule has 2 aromatic carbocycles. The van der Waals surface area contributed by atoms with Crippen LogP contribution in [0.2, 0.25) is 0 Å². The van der Waals surface area contributed by atoms with Crippen LogP contribution in [0.25, 0.3) is 10.1 Å². The number of alkyl halides is 2. The summed E-state index contributed by atoms with van der Waals surface area (Å²) >= 11 is 1.66. The van der Waals surface area contributed by atoms with Gasteiger partial charge in [-0.2, -0.15) is 8.78 Å². The molecule has 9 heteroatoms. The van der Waals surface area contributed by atoms with Crippen molar-refractivity contribution in [2.75, 3.05) is 33.0 Å². The van der Waals surface area contributed by atoms with E-state index in [0.717, 1.165) is 71.9 Å². The standard InChI is InChI=1S/C38H54F2O6S/c1-5-9-17-41-26-35-37(44-20-12-8-4)34(43-19-11-7-3)25-33(45-35)30-23-28(22-29-21-27-15-13-14-16-36(27)47-29)31(46-38(39)40)24-32(30)42-18-10-6-2/h13-16,21,23-24,33-35,37-38H,5-12,17-20,22,25-26H2,1-4H3/t33-,34-,35-,37+/m1/s1. The molecule has 1 aromatic heterocycles. The topological polar surface area (TPSA) is 55.4 Å². The predicted octanol–water partition coefficient (Wildman–Crippen LogP) is 10.3. The molecular formula is C38H54F2O6S. The number of ether oxygens (including phenoxy) is 6. The van der Waals surface area contributed by atoms with Gasteiger partial charge in [0.05, 0.1) is 25.4 Å². The summed E-state index contributed by atoms with van der Waals surface area (Å²) in [5, 5.41) is 1.13. The highest BCUT2D eigenvalue weighted by molar-refractivity contribution is 7.19. The smallest absolute Gasteiger partial charge is 0.387 e. The van der Waals surface area contributed by atoms with Gasteiger partial charge in [0.15, 0.2) is 0 Å². The van der Waals surface area contributed by atoms with Gasteiger partial charge >= 0.3 is 6.61 Å². The van der Waals surface area contributed by atoms with Crippen LogP contribution in [-0.2, 0) is 25.4 Å². The lowest BCUT2D eigenvalue weighted by molar-refractivity contribution is -0.216. The maximum Gasteiger partial charge on any atom is 0.387 e. The van der Waals surface area contributed by atoms with Crippen molar-refractivity contribution in [3.8, 4) is 11.5 Å². The molecule has 1 saturated heterocycles. The number of halogens is 2. The molecule has 0 radical (unpaired) electrons. The van der Waals surface area contributed by atoms with Crippen molar-refractivity contribution in [3.63, 3.8) is 0 Å². The van der Waals surface area contributed by atoms with Crippen LogP contribution < -0.4 is 9.47 Å². The lowest BCUT2D eigenvalue weighted by atomic mass is 9.91. The van der Waals surface area contributed by atoms with Gasteiger partial charge in [-0.3, -0.25) is 0 Å². The summed E-state index contributed by atoms with van der Waals surface area (Å²) in [6.07, 6.45) is 7.48. The Morgan fingerprint density at radius 3 is 2.26 bits per heavy atom. The van der Waals surface area contributed by atoms with Gasteiger partial charge in [0.1, 0.15) is 23.7 Å². The van der Waals surface area contributed by atoms with Gasteiger partial charge in [0, 0.05) is 59.4 Å². The molecular weight excluding hydrogens is 622 g/mol. The minimum absolute atomic E-state index is 0.125. The van der Waals surface area contributed by atoms with Crippen molar-refractivity contribution in [3.05, 3.63) is 58.5 Å². The van der Waals surface area contributed by atoms with Gasteiger partial charge in [0.2, 0.25) is 0 Å². The Bertz CT molecular complexity index is 1280. The molecule has 0 saturated carbocycles. The molecule has 6 nitrogen and oxygen atoms in total. The van der Waals surface area contributed by atoms with E-state index in [1.807, 2.05) is 18.2 Å². The quantitative estimate of drug-likeness (QED) is 0.0988. The molecule has 4 rings (SSSR count). The molecule has 0 spiro atoms. The van der Waals surface area contributed by atoms with Crippen molar-refractivity contribution in [1.82, 2.24) is 0 Å². The summed E-state index contributed by atoms with van der Waals surface area (Å²) in [4.78, 5) is 1.06. The second kappa shape index (κ2) is 20.3. The maximum atomic E-state index is 13.8. The fourth-order valence-corrected chi connectivity index (χ4v) is 6.90. The second-order valence-electron chi connectivity index (χ2n) is 12.3. The Balaban J connectivity index is 1.73. The molecule has 0 N–H and O–H groups in total. The minimum atomic E-state index is -2.96. The SMILES string of the molecule is CCCCOC[C@H]1O[C@@H](c2cc(Cc3cc4ccccc4s3)c(OC(F)F)cc2OCCCC)C[C@@H](OCCCC)[C@@H]1OCCCC. The first-order chi connectivity index (χ1) is 23.0. The number of fused-ring (bicyclic) bond motifs is 1. The lowest BCUT2D eigenvalue weighted by Crippen LogP contribution is -2.50. The lowest BCUT2D eigenvalue weighted by Gasteiger charge is -2.42. The van der Waals surface area contributed by atoms with E-state index in [2.05, 4.69) is 45.9 Å². The van der Waals surface area contributed by atoms with E-state index in [9.17, 15) is 8.78 Å². The van der Waals surface area contributed by atoms with Gasteiger partial charge in [-0.25, -0.2) is 0 Å². The normalized spacial score (nSPS) is 19.9. The molecule has 1 aliphatic rings. The molecule has 1 fully saturated rings. The summed E-state index contributed by atoms with van der Waals surface area (Å²) < 4.78 is 66.1.